The van der Waals surface area contributed by atoms with Crippen LogP contribution in [0.15, 0.2) is 30.6 Å². The number of nitrogens with zero attached hydrogens (tertiary/aromatic N) is 6. The molecule has 1 aliphatic heterocycles. The average Bonchev–Trinajstić information content (AvgIpc) is 3.10. The van der Waals surface area contributed by atoms with E-state index in [4.69, 9.17) is 16.9 Å². The fraction of sp³-hybridized carbons (Fsp3) is 0.389. The second-order valence-electron chi connectivity index (χ2n) is 6.44. The predicted molar refractivity (Wildman–Crippen MR) is 102 cm³/mol. The number of hydrogen-bond donors (Lipinski definition) is 0. The summed E-state index contributed by atoms with van der Waals surface area (Å²) in [5.41, 5.74) is 1.59. The molecule has 2 aromatic rings. The summed E-state index contributed by atoms with van der Waals surface area (Å²) in [4.78, 5) is 15.1. The van der Waals surface area contributed by atoms with Gasteiger partial charge in [0.2, 0.25) is 0 Å². The van der Waals surface area contributed by atoms with E-state index in [1.807, 2.05) is 37.2 Å². The largest absolute Gasteiger partial charge is 0.369 e. The monoisotopic (exact) mass is 356 g/mol. The fourth-order valence-electron chi connectivity index (χ4n) is 3.08. The molecule has 7 heteroatoms. The van der Waals surface area contributed by atoms with Crippen molar-refractivity contribution < 1.29 is 0 Å². The second kappa shape index (κ2) is 7.16. The molecule has 6 nitrogen and oxygen atoms in total. The van der Waals surface area contributed by atoms with Crippen LogP contribution in [-0.2, 0) is 0 Å². The Kier molecular flexibility index (Phi) is 4.95. The molecule has 0 saturated carbocycles. The van der Waals surface area contributed by atoms with Crippen molar-refractivity contribution in [2.24, 2.45) is 0 Å². The van der Waals surface area contributed by atoms with E-state index in [9.17, 15) is 0 Å². The van der Waals surface area contributed by atoms with Crippen molar-refractivity contribution in [1.29, 1.82) is 5.26 Å². The summed E-state index contributed by atoms with van der Waals surface area (Å²) in [5.74, 6) is 1.80. The third-order valence-corrected chi connectivity index (χ3v) is 4.76. The lowest BCUT2D eigenvalue weighted by molar-refractivity contribution is 0.683. The first-order valence-corrected chi connectivity index (χ1v) is 8.53. The van der Waals surface area contributed by atoms with Gasteiger partial charge in [-0.2, -0.15) is 5.26 Å². The first-order chi connectivity index (χ1) is 12.0. The van der Waals surface area contributed by atoms with Gasteiger partial charge in [-0.05, 0) is 24.6 Å². The molecule has 1 unspecified atom stereocenters. The zero-order valence-electron chi connectivity index (χ0n) is 14.6. The maximum atomic E-state index is 9.14. The number of benzene rings is 1. The Bertz CT molecular complexity index is 800. The predicted octanol–water partition coefficient (Wildman–Crippen LogP) is 2.78. The third kappa shape index (κ3) is 3.77. The molecule has 1 fully saturated rings. The summed E-state index contributed by atoms with van der Waals surface area (Å²) in [6, 6.07) is 10.0. The molecular formula is C18H21ClN6. The van der Waals surface area contributed by atoms with Crippen LogP contribution in [0.2, 0.25) is 5.02 Å². The van der Waals surface area contributed by atoms with E-state index >= 15 is 0 Å². The van der Waals surface area contributed by atoms with Crippen molar-refractivity contribution >= 4 is 28.9 Å². The minimum absolute atomic E-state index is 0.342. The van der Waals surface area contributed by atoms with Crippen LogP contribution in [0.1, 0.15) is 12.0 Å². The first kappa shape index (κ1) is 17.3. The van der Waals surface area contributed by atoms with E-state index in [1.54, 1.807) is 12.4 Å². The highest BCUT2D eigenvalue weighted by molar-refractivity contribution is 6.31. The third-order valence-electron chi connectivity index (χ3n) is 4.55. The van der Waals surface area contributed by atoms with Crippen molar-refractivity contribution in [1.82, 2.24) is 9.97 Å². The molecule has 0 spiro atoms. The highest BCUT2D eigenvalue weighted by atomic mass is 35.5. The van der Waals surface area contributed by atoms with E-state index in [0.29, 0.717) is 16.6 Å². The maximum absolute atomic E-state index is 9.14. The van der Waals surface area contributed by atoms with Gasteiger partial charge in [0.15, 0.2) is 0 Å². The zero-order valence-corrected chi connectivity index (χ0v) is 15.4. The molecule has 0 radical (unpaired) electrons. The minimum atomic E-state index is 0.342. The molecule has 1 aromatic heterocycles. The number of halogens is 1. The molecule has 0 N–H and O–H groups in total. The Balaban J connectivity index is 1.75. The van der Waals surface area contributed by atoms with Crippen LogP contribution in [0, 0.1) is 11.3 Å². The van der Waals surface area contributed by atoms with E-state index in [2.05, 4.69) is 32.9 Å². The molecule has 1 aromatic carbocycles. The second-order valence-corrected chi connectivity index (χ2v) is 6.87. The molecule has 0 amide bonds. The maximum Gasteiger partial charge on any atom is 0.134 e. The highest BCUT2D eigenvalue weighted by Crippen LogP contribution is 2.28. The van der Waals surface area contributed by atoms with Gasteiger partial charge in [0.25, 0.3) is 0 Å². The molecular weight excluding hydrogens is 336 g/mol. The van der Waals surface area contributed by atoms with Gasteiger partial charge in [-0.15, -0.1) is 0 Å². The van der Waals surface area contributed by atoms with Gasteiger partial charge in [0, 0.05) is 57.1 Å². The topological polar surface area (TPSA) is 59.3 Å². The molecule has 0 bridgehead atoms. The van der Waals surface area contributed by atoms with Crippen LogP contribution < -0.4 is 14.7 Å². The number of nitriles is 1. The lowest BCUT2D eigenvalue weighted by atomic mass is 10.2. The lowest BCUT2D eigenvalue weighted by Crippen LogP contribution is -2.35. The van der Waals surface area contributed by atoms with Crippen molar-refractivity contribution in [3.05, 3.63) is 41.2 Å². The van der Waals surface area contributed by atoms with Gasteiger partial charge < -0.3 is 14.7 Å². The summed E-state index contributed by atoms with van der Waals surface area (Å²) in [5, 5.41) is 9.73. The number of rotatable bonds is 4. The molecule has 3 rings (SSSR count). The SMILES string of the molecule is CN(C)c1cc(N(C)C2CCN(c3cc(Cl)cc(C#N)c3)C2)ncn1. The number of anilines is 3. The molecule has 1 atom stereocenters. The smallest absolute Gasteiger partial charge is 0.134 e. The van der Waals surface area contributed by atoms with Gasteiger partial charge in [0.1, 0.15) is 18.0 Å². The van der Waals surface area contributed by atoms with E-state index in [1.165, 1.54) is 0 Å². The van der Waals surface area contributed by atoms with Gasteiger partial charge >= 0.3 is 0 Å². The Labute approximate surface area is 153 Å². The van der Waals surface area contributed by atoms with Gasteiger partial charge in [-0.1, -0.05) is 11.6 Å². The molecule has 0 aliphatic carbocycles. The number of aromatic nitrogens is 2. The summed E-state index contributed by atoms with van der Waals surface area (Å²) >= 11 is 6.14. The van der Waals surface area contributed by atoms with Crippen LogP contribution in [-0.4, -0.2) is 50.2 Å². The quantitative estimate of drug-likeness (QED) is 0.839. The highest BCUT2D eigenvalue weighted by Gasteiger charge is 2.27. The van der Waals surface area contributed by atoms with E-state index in [0.717, 1.165) is 36.8 Å². The minimum Gasteiger partial charge on any atom is -0.369 e. The van der Waals surface area contributed by atoms with Gasteiger partial charge in [-0.25, -0.2) is 9.97 Å². The van der Waals surface area contributed by atoms with Crippen molar-refractivity contribution in [2.45, 2.75) is 12.5 Å². The average molecular weight is 357 g/mol. The van der Waals surface area contributed by atoms with Crippen LogP contribution in [0.5, 0.6) is 0 Å². The molecule has 130 valence electrons. The van der Waals surface area contributed by atoms with Crippen molar-refractivity contribution in [3.8, 4) is 6.07 Å². The normalized spacial score (nSPS) is 16.6. The Morgan fingerprint density at radius 3 is 2.64 bits per heavy atom. The first-order valence-electron chi connectivity index (χ1n) is 8.16. The molecule has 25 heavy (non-hydrogen) atoms. The van der Waals surface area contributed by atoms with Crippen LogP contribution in [0.3, 0.4) is 0 Å². The van der Waals surface area contributed by atoms with Crippen LogP contribution >= 0.6 is 11.6 Å². The number of likely N-dealkylation sites (N-methyl/N-ethyl adjacent to an activating group) is 1. The van der Waals surface area contributed by atoms with E-state index in [-0.39, 0.29) is 0 Å². The van der Waals surface area contributed by atoms with Gasteiger partial charge in [-0.3, -0.25) is 0 Å². The van der Waals surface area contributed by atoms with Crippen LogP contribution in [0.4, 0.5) is 17.3 Å². The zero-order chi connectivity index (χ0) is 18.0. The Morgan fingerprint density at radius 2 is 1.92 bits per heavy atom. The lowest BCUT2D eigenvalue weighted by Gasteiger charge is -2.27. The molecule has 1 aliphatic rings. The summed E-state index contributed by atoms with van der Waals surface area (Å²) < 4.78 is 0. The molecule has 2 heterocycles. The summed E-state index contributed by atoms with van der Waals surface area (Å²) in [7, 11) is 6.00. The van der Waals surface area contributed by atoms with Crippen molar-refractivity contribution in [2.75, 3.05) is 48.9 Å². The van der Waals surface area contributed by atoms with Crippen molar-refractivity contribution in [3.63, 3.8) is 0 Å². The Morgan fingerprint density at radius 1 is 1.16 bits per heavy atom. The van der Waals surface area contributed by atoms with Gasteiger partial charge in [0.05, 0.1) is 11.6 Å². The standard InChI is InChI=1S/C18H21ClN6/c1-23(2)17-9-18(22-12-21-17)24(3)15-4-5-25(11-15)16-7-13(10-20)6-14(19)8-16/h6-9,12,15H,4-5,11H2,1-3H3. The van der Waals surface area contributed by atoms with Crippen LogP contribution in [0.25, 0.3) is 0 Å². The Hall–Kier alpha value is -2.52. The summed E-state index contributed by atoms with van der Waals surface area (Å²) in [6.07, 6.45) is 2.62. The number of hydrogen-bond acceptors (Lipinski definition) is 6. The fourth-order valence-corrected chi connectivity index (χ4v) is 3.30. The molecule has 1 saturated heterocycles. The van der Waals surface area contributed by atoms with E-state index < -0.39 is 0 Å². The summed E-state index contributed by atoms with van der Waals surface area (Å²) in [6.45, 7) is 1.79.